The lowest BCUT2D eigenvalue weighted by Crippen LogP contribution is -2.24. The molecule has 0 heterocycles. The quantitative estimate of drug-likeness (QED) is 0.888. The summed E-state index contributed by atoms with van der Waals surface area (Å²) >= 11 is 0. The van der Waals surface area contributed by atoms with Gasteiger partial charge in [-0.1, -0.05) is 0 Å². The predicted molar refractivity (Wildman–Crippen MR) is 57.9 cm³/mol. The Kier molecular flexibility index (Phi) is 2.81. The van der Waals surface area contributed by atoms with Crippen molar-refractivity contribution in [2.24, 2.45) is 5.73 Å². The second-order valence-electron chi connectivity index (χ2n) is 4.61. The minimum Gasteiger partial charge on any atom is -0.497 e. The molecule has 0 atom stereocenters. The first-order chi connectivity index (χ1) is 7.82. The summed E-state index contributed by atoms with van der Waals surface area (Å²) in [6, 6.07) is 3.76. The second-order valence-corrected chi connectivity index (χ2v) is 4.61. The van der Waals surface area contributed by atoms with E-state index in [9.17, 15) is 13.2 Å². The molecule has 0 spiro atoms. The van der Waals surface area contributed by atoms with Crippen LogP contribution < -0.4 is 10.5 Å². The van der Waals surface area contributed by atoms with Crippen LogP contribution in [0.15, 0.2) is 18.2 Å². The molecule has 1 aliphatic carbocycles. The summed E-state index contributed by atoms with van der Waals surface area (Å²) in [6.07, 6.45) is -2.15. The molecule has 2 N–H and O–H groups in total. The maximum absolute atomic E-state index is 12.6. The van der Waals surface area contributed by atoms with Gasteiger partial charge in [-0.3, -0.25) is 0 Å². The van der Waals surface area contributed by atoms with Crippen LogP contribution in [0.25, 0.3) is 0 Å². The monoisotopic (exact) mass is 245 g/mol. The van der Waals surface area contributed by atoms with Gasteiger partial charge < -0.3 is 10.5 Å². The number of rotatable bonds is 3. The third kappa shape index (κ3) is 2.91. The zero-order chi connectivity index (χ0) is 12.7. The van der Waals surface area contributed by atoms with Crippen molar-refractivity contribution in [1.82, 2.24) is 0 Å². The predicted octanol–water partition coefficient (Wildman–Crippen LogP) is 2.75. The Balaban J connectivity index is 2.31. The highest BCUT2D eigenvalue weighted by Crippen LogP contribution is 2.38. The van der Waals surface area contributed by atoms with Gasteiger partial charge in [0.1, 0.15) is 5.75 Å². The third-order valence-corrected chi connectivity index (χ3v) is 2.98. The Morgan fingerprint density at radius 3 is 2.41 bits per heavy atom. The van der Waals surface area contributed by atoms with Crippen LogP contribution in [-0.4, -0.2) is 12.6 Å². The van der Waals surface area contributed by atoms with Crippen molar-refractivity contribution in [3.8, 4) is 5.75 Å². The van der Waals surface area contributed by atoms with Crippen molar-refractivity contribution < 1.29 is 17.9 Å². The molecular weight excluding hydrogens is 231 g/mol. The number of ether oxygens (including phenoxy) is 1. The van der Waals surface area contributed by atoms with Crippen molar-refractivity contribution >= 4 is 0 Å². The minimum atomic E-state index is -4.35. The number of nitrogens with two attached hydrogens (primary N) is 1. The van der Waals surface area contributed by atoms with Gasteiger partial charge in [0.05, 0.1) is 12.7 Å². The van der Waals surface area contributed by atoms with Crippen LogP contribution in [0.5, 0.6) is 5.75 Å². The first-order valence-corrected chi connectivity index (χ1v) is 5.36. The average molecular weight is 245 g/mol. The van der Waals surface area contributed by atoms with E-state index in [2.05, 4.69) is 0 Å². The first-order valence-electron chi connectivity index (χ1n) is 5.36. The Morgan fingerprint density at radius 1 is 1.29 bits per heavy atom. The molecule has 17 heavy (non-hydrogen) atoms. The zero-order valence-electron chi connectivity index (χ0n) is 9.47. The Hall–Kier alpha value is -1.23. The molecule has 1 saturated carbocycles. The van der Waals surface area contributed by atoms with Gasteiger partial charge in [-0.15, -0.1) is 0 Å². The van der Waals surface area contributed by atoms with Gasteiger partial charge in [0.25, 0.3) is 0 Å². The van der Waals surface area contributed by atoms with Crippen LogP contribution in [0.4, 0.5) is 13.2 Å². The highest BCUT2D eigenvalue weighted by Gasteiger charge is 2.39. The number of halogens is 3. The fourth-order valence-electron chi connectivity index (χ4n) is 1.79. The minimum absolute atomic E-state index is 0.221. The van der Waals surface area contributed by atoms with Crippen LogP contribution in [0.2, 0.25) is 0 Å². The molecule has 0 unspecified atom stereocenters. The molecule has 2 rings (SSSR count). The van der Waals surface area contributed by atoms with Gasteiger partial charge >= 0.3 is 6.18 Å². The molecule has 1 aromatic carbocycles. The molecule has 0 aliphatic heterocycles. The van der Waals surface area contributed by atoms with E-state index >= 15 is 0 Å². The number of methoxy groups -OCH3 is 1. The summed E-state index contributed by atoms with van der Waals surface area (Å²) in [5.41, 5.74) is 5.49. The Morgan fingerprint density at radius 2 is 1.94 bits per heavy atom. The van der Waals surface area contributed by atoms with Crippen molar-refractivity contribution in [2.75, 3.05) is 7.11 Å². The molecule has 1 aromatic rings. The Bertz CT molecular complexity index is 424. The summed E-state index contributed by atoms with van der Waals surface area (Å²) in [4.78, 5) is 0. The summed E-state index contributed by atoms with van der Waals surface area (Å²) in [5.74, 6) is 0.221. The maximum Gasteiger partial charge on any atom is 0.416 e. The van der Waals surface area contributed by atoms with Crippen molar-refractivity contribution in [3.05, 3.63) is 29.3 Å². The number of hydrogen-bond acceptors (Lipinski definition) is 2. The molecule has 0 bridgehead atoms. The molecule has 94 valence electrons. The number of benzene rings is 1. The molecule has 0 saturated heterocycles. The number of hydrogen-bond donors (Lipinski definition) is 1. The largest absolute Gasteiger partial charge is 0.497 e. The Labute approximate surface area is 97.6 Å². The van der Waals surface area contributed by atoms with Crippen molar-refractivity contribution in [1.29, 1.82) is 0 Å². The zero-order valence-corrected chi connectivity index (χ0v) is 9.47. The van der Waals surface area contributed by atoms with Gasteiger partial charge in [-0.05, 0) is 43.0 Å². The molecule has 2 nitrogen and oxygen atoms in total. The van der Waals surface area contributed by atoms with E-state index < -0.39 is 11.7 Å². The molecule has 0 aromatic heterocycles. The van der Waals surface area contributed by atoms with Crippen LogP contribution in [0, 0.1) is 0 Å². The van der Waals surface area contributed by atoms with Crippen LogP contribution in [0.1, 0.15) is 24.0 Å². The number of alkyl halides is 3. The van der Waals surface area contributed by atoms with Gasteiger partial charge in [-0.2, -0.15) is 13.2 Å². The van der Waals surface area contributed by atoms with Gasteiger partial charge in [0.15, 0.2) is 0 Å². The van der Waals surface area contributed by atoms with E-state index in [0.29, 0.717) is 12.0 Å². The van der Waals surface area contributed by atoms with Crippen LogP contribution >= 0.6 is 0 Å². The fourth-order valence-corrected chi connectivity index (χ4v) is 1.79. The highest BCUT2D eigenvalue weighted by molar-refractivity contribution is 5.37. The molecule has 0 radical (unpaired) electrons. The van der Waals surface area contributed by atoms with Gasteiger partial charge in [0.2, 0.25) is 0 Å². The molecular formula is C12H14F3NO. The van der Waals surface area contributed by atoms with E-state index in [4.69, 9.17) is 10.5 Å². The topological polar surface area (TPSA) is 35.2 Å². The van der Waals surface area contributed by atoms with E-state index in [1.807, 2.05) is 0 Å². The first kappa shape index (κ1) is 12.2. The lowest BCUT2D eigenvalue weighted by atomic mass is 10.0. The molecule has 0 amide bonds. The summed E-state index contributed by atoms with van der Waals surface area (Å²) in [7, 11) is 1.36. The van der Waals surface area contributed by atoms with E-state index in [0.717, 1.165) is 25.0 Å². The molecule has 1 fully saturated rings. The smallest absolute Gasteiger partial charge is 0.416 e. The van der Waals surface area contributed by atoms with Gasteiger partial charge in [-0.25, -0.2) is 0 Å². The lowest BCUT2D eigenvalue weighted by molar-refractivity contribution is -0.137. The van der Waals surface area contributed by atoms with Crippen LogP contribution in [-0.2, 0) is 12.6 Å². The standard InChI is InChI=1S/C12H14F3NO/c1-17-10-5-8(7-11(16)2-3-11)4-9(6-10)12(13,14)15/h4-6H,2-3,7,16H2,1H3. The molecule has 1 aliphatic rings. The fraction of sp³-hybridized carbons (Fsp3) is 0.500. The summed E-state index contributed by atoms with van der Waals surface area (Å²) in [5, 5.41) is 0. The SMILES string of the molecule is COc1cc(CC2(N)CC2)cc(C(F)(F)F)c1. The second kappa shape index (κ2) is 3.91. The van der Waals surface area contributed by atoms with Gasteiger partial charge in [0, 0.05) is 5.54 Å². The van der Waals surface area contributed by atoms with E-state index in [-0.39, 0.29) is 11.3 Å². The van der Waals surface area contributed by atoms with Crippen molar-refractivity contribution in [3.63, 3.8) is 0 Å². The van der Waals surface area contributed by atoms with Crippen LogP contribution in [0.3, 0.4) is 0 Å². The van der Waals surface area contributed by atoms with Crippen molar-refractivity contribution in [2.45, 2.75) is 31.0 Å². The van der Waals surface area contributed by atoms with E-state index in [1.165, 1.54) is 7.11 Å². The lowest BCUT2D eigenvalue weighted by Gasteiger charge is -2.14. The summed E-state index contributed by atoms with van der Waals surface area (Å²) < 4.78 is 42.8. The van der Waals surface area contributed by atoms with E-state index in [1.54, 1.807) is 6.07 Å². The molecule has 5 heteroatoms. The highest BCUT2D eigenvalue weighted by atomic mass is 19.4. The normalized spacial score (nSPS) is 17.9. The third-order valence-electron chi connectivity index (χ3n) is 2.98. The maximum atomic E-state index is 12.6. The summed E-state index contributed by atoms with van der Waals surface area (Å²) in [6.45, 7) is 0. The average Bonchev–Trinajstić information content (AvgIpc) is 2.94.